The standard InChI is InChI=1S/C20H19Cl2FN2O2/c1-12(24-19(27)16-11-20(16,21)22)13-6-4-7-15(9-13)25-18(26)10-14-5-2-3-8-17(14)23/h2-9,12,16H,10-11H2,1H3,(H,24,27)(H,25,26). The lowest BCUT2D eigenvalue weighted by Crippen LogP contribution is -2.29. The zero-order valence-electron chi connectivity index (χ0n) is 14.6. The number of hydrogen-bond donors (Lipinski definition) is 2. The summed E-state index contributed by atoms with van der Waals surface area (Å²) in [6.07, 6.45) is 0.388. The van der Waals surface area contributed by atoms with Crippen LogP contribution in [0.5, 0.6) is 0 Å². The fraction of sp³-hybridized carbons (Fsp3) is 0.300. The predicted octanol–water partition coefficient (Wildman–Crippen LogP) is 4.38. The molecule has 0 saturated heterocycles. The molecule has 2 aromatic rings. The number of anilines is 1. The van der Waals surface area contributed by atoms with Crippen molar-refractivity contribution in [3.8, 4) is 0 Å². The Morgan fingerprint density at radius 2 is 1.93 bits per heavy atom. The van der Waals surface area contributed by atoms with Gasteiger partial charge in [-0.15, -0.1) is 23.2 Å². The van der Waals surface area contributed by atoms with Gasteiger partial charge in [0.15, 0.2) is 0 Å². The van der Waals surface area contributed by atoms with E-state index in [0.717, 1.165) is 5.56 Å². The lowest BCUT2D eigenvalue weighted by atomic mass is 10.1. The molecule has 1 fully saturated rings. The minimum absolute atomic E-state index is 0.0571. The normalized spacial score (nSPS) is 18.4. The van der Waals surface area contributed by atoms with Crippen LogP contribution in [0.15, 0.2) is 48.5 Å². The summed E-state index contributed by atoms with van der Waals surface area (Å²) >= 11 is 11.8. The van der Waals surface area contributed by atoms with Gasteiger partial charge in [-0.2, -0.15) is 0 Å². The molecule has 0 aromatic heterocycles. The van der Waals surface area contributed by atoms with Gasteiger partial charge in [-0.1, -0.05) is 30.3 Å². The molecule has 7 heteroatoms. The minimum Gasteiger partial charge on any atom is -0.349 e. The highest BCUT2D eigenvalue weighted by molar-refractivity contribution is 6.52. The number of amides is 2. The average Bonchev–Trinajstić information content (AvgIpc) is 3.26. The highest BCUT2D eigenvalue weighted by Gasteiger charge is 2.56. The molecule has 2 N–H and O–H groups in total. The Kier molecular flexibility index (Phi) is 5.72. The summed E-state index contributed by atoms with van der Waals surface area (Å²) in [5.74, 6) is -1.32. The summed E-state index contributed by atoms with van der Waals surface area (Å²) in [4.78, 5) is 24.3. The van der Waals surface area contributed by atoms with Crippen molar-refractivity contribution in [3.63, 3.8) is 0 Å². The van der Waals surface area contributed by atoms with E-state index >= 15 is 0 Å². The second-order valence-electron chi connectivity index (χ2n) is 6.69. The summed E-state index contributed by atoms with van der Waals surface area (Å²) < 4.78 is 12.7. The zero-order chi connectivity index (χ0) is 19.6. The van der Waals surface area contributed by atoms with Crippen LogP contribution in [0, 0.1) is 11.7 Å². The number of rotatable bonds is 6. The van der Waals surface area contributed by atoms with E-state index in [1.165, 1.54) is 6.07 Å². The number of hydrogen-bond acceptors (Lipinski definition) is 2. The van der Waals surface area contributed by atoms with Gasteiger partial charge in [-0.05, 0) is 42.7 Å². The number of carbonyl (C=O) groups is 2. The number of halogens is 3. The van der Waals surface area contributed by atoms with Crippen LogP contribution < -0.4 is 10.6 Å². The molecule has 0 heterocycles. The lowest BCUT2D eigenvalue weighted by Gasteiger charge is -2.16. The van der Waals surface area contributed by atoms with E-state index < -0.39 is 16.1 Å². The Labute approximate surface area is 167 Å². The van der Waals surface area contributed by atoms with Crippen LogP contribution >= 0.6 is 23.2 Å². The van der Waals surface area contributed by atoms with Crippen molar-refractivity contribution in [3.05, 3.63) is 65.5 Å². The van der Waals surface area contributed by atoms with Crippen LogP contribution in [-0.2, 0) is 16.0 Å². The van der Waals surface area contributed by atoms with Gasteiger partial charge in [0.05, 0.1) is 18.4 Å². The molecule has 2 atom stereocenters. The molecule has 1 aliphatic rings. The molecule has 2 amide bonds. The first kappa shape index (κ1) is 19.6. The van der Waals surface area contributed by atoms with Crippen molar-refractivity contribution in [1.29, 1.82) is 0 Å². The molecule has 4 nitrogen and oxygen atoms in total. The first-order valence-electron chi connectivity index (χ1n) is 8.57. The Bertz CT molecular complexity index is 873. The van der Waals surface area contributed by atoms with Gasteiger partial charge in [-0.25, -0.2) is 4.39 Å². The largest absolute Gasteiger partial charge is 0.349 e. The van der Waals surface area contributed by atoms with E-state index in [0.29, 0.717) is 17.7 Å². The summed E-state index contributed by atoms with van der Waals surface area (Å²) in [7, 11) is 0. The van der Waals surface area contributed by atoms with E-state index in [2.05, 4.69) is 10.6 Å². The summed E-state index contributed by atoms with van der Waals surface area (Å²) in [6.45, 7) is 1.84. The van der Waals surface area contributed by atoms with Gasteiger partial charge in [-0.3, -0.25) is 9.59 Å². The van der Waals surface area contributed by atoms with Gasteiger partial charge < -0.3 is 10.6 Å². The van der Waals surface area contributed by atoms with E-state index in [1.54, 1.807) is 36.4 Å². The third-order valence-electron chi connectivity index (χ3n) is 4.48. The summed E-state index contributed by atoms with van der Waals surface area (Å²) in [5.41, 5.74) is 1.73. The molecule has 0 bridgehead atoms. The van der Waals surface area contributed by atoms with Crippen molar-refractivity contribution >= 4 is 40.7 Å². The number of alkyl halides is 2. The van der Waals surface area contributed by atoms with Crippen LogP contribution in [0.3, 0.4) is 0 Å². The monoisotopic (exact) mass is 408 g/mol. The first-order valence-corrected chi connectivity index (χ1v) is 9.33. The molecule has 0 spiro atoms. The summed E-state index contributed by atoms with van der Waals surface area (Å²) in [6, 6.07) is 13.0. The Hall–Kier alpha value is -2.11. The van der Waals surface area contributed by atoms with Gasteiger partial charge in [0, 0.05) is 5.69 Å². The molecule has 0 radical (unpaired) electrons. The molecular formula is C20H19Cl2FN2O2. The molecular weight excluding hydrogens is 390 g/mol. The fourth-order valence-electron chi connectivity index (χ4n) is 2.80. The zero-order valence-corrected chi connectivity index (χ0v) is 16.1. The van der Waals surface area contributed by atoms with Gasteiger partial charge in [0.2, 0.25) is 11.8 Å². The van der Waals surface area contributed by atoms with Crippen molar-refractivity contribution in [1.82, 2.24) is 5.32 Å². The molecule has 2 unspecified atom stereocenters. The molecule has 142 valence electrons. The first-order chi connectivity index (χ1) is 12.8. The second-order valence-corrected chi connectivity index (χ2v) is 8.23. The third-order valence-corrected chi connectivity index (χ3v) is 5.32. The second kappa shape index (κ2) is 7.87. The van der Waals surface area contributed by atoms with Gasteiger partial charge >= 0.3 is 0 Å². The van der Waals surface area contributed by atoms with Crippen molar-refractivity contribution in [2.75, 3.05) is 5.32 Å². The van der Waals surface area contributed by atoms with Crippen LogP contribution in [0.2, 0.25) is 0 Å². The van der Waals surface area contributed by atoms with Crippen molar-refractivity contribution < 1.29 is 14.0 Å². The maximum atomic E-state index is 13.7. The Morgan fingerprint density at radius 3 is 2.59 bits per heavy atom. The van der Waals surface area contributed by atoms with E-state index in [9.17, 15) is 14.0 Å². The Balaban J connectivity index is 1.60. The maximum absolute atomic E-state index is 13.7. The topological polar surface area (TPSA) is 58.2 Å². The number of benzene rings is 2. The van der Waals surface area contributed by atoms with E-state index in [1.807, 2.05) is 13.0 Å². The maximum Gasteiger partial charge on any atom is 0.228 e. The molecule has 27 heavy (non-hydrogen) atoms. The van der Waals surface area contributed by atoms with Crippen molar-refractivity contribution in [2.45, 2.75) is 30.1 Å². The molecule has 0 aliphatic heterocycles. The Morgan fingerprint density at radius 1 is 1.22 bits per heavy atom. The highest BCUT2D eigenvalue weighted by atomic mass is 35.5. The predicted molar refractivity (Wildman–Crippen MR) is 104 cm³/mol. The molecule has 1 aliphatic carbocycles. The SMILES string of the molecule is CC(NC(=O)C1CC1(Cl)Cl)c1cccc(NC(=O)Cc2ccccc2F)c1. The van der Waals surface area contributed by atoms with Crippen LogP contribution in [0.4, 0.5) is 10.1 Å². The van der Waals surface area contributed by atoms with Gasteiger partial charge in [0.1, 0.15) is 10.2 Å². The quantitative estimate of drug-likeness (QED) is 0.696. The van der Waals surface area contributed by atoms with E-state index in [4.69, 9.17) is 23.2 Å². The molecule has 2 aromatic carbocycles. The minimum atomic E-state index is -0.966. The average molecular weight is 409 g/mol. The van der Waals surface area contributed by atoms with Crippen LogP contribution in [0.25, 0.3) is 0 Å². The number of nitrogens with one attached hydrogen (secondary N) is 2. The fourth-order valence-corrected chi connectivity index (χ4v) is 3.31. The van der Waals surface area contributed by atoms with E-state index in [-0.39, 0.29) is 24.3 Å². The van der Waals surface area contributed by atoms with Gasteiger partial charge in [0.25, 0.3) is 0 Å². The van der Waals surface area contributed by atoms with Crippen molar-refractivity contribution in [2.24, 2.45) is 5.92 Å². The van der Waals surface area contributed by atoms with Crippen LogP contribution in [-0.4, -0.2) is 16.1 Å². The third kappa shape index (κ3) is 4.99. The smallest absolute Gasteiger partial charge is 0.228 e. The highest BCUT2D eigenvalue weighted by Crippen LogP contribution is 2.53. The van der Waals surface area contributed by atoms with Crippen LogP contribution in [0.1, 0.15) is 30.5 Å². The molecule has 1 saturated carbocycles. The number of carbonyl (C=O) groups excluding carboxylic acids is 2. The lowest BCUT2D eigenvalue weighted by molar-refractivity contribution is -0.123. The molecule has 3 rings (SSSR count). The summed E-state index contributed by atoms with van der Waals surface area (Å²) in [5, 5.41) is 5.63.